The van der Waals surface area contributed by atoms with Crippen LogP contribution in [0.5, 0.6) is 0 Å². The molecule has 1 aromatic heterocycles. The van der Waals surface area contributed by atoms with Crippen molar-refractivity contribution in [3.05, 3.63) is 104 Å². The number of nitrogens with zero attached hydrogens (tertiary/aromatic N) is 2. The molecule has 0 aliphatic carbocycles. The minimum Gasteiger partial charge on any atom is -0.305 e. The fourth-order valence-corrected chi connectivity index (χ4v) is 3.72. The number of hydrogen-bond donors (Lipinski definition) is 1. The fourth-order valence-electron chi connectivity index (χ4n) is 2.69. The lowest BCUT2D eigenvalue weighted by atomic mass is 10.2. The molecule has 0 amide bonds. The van der Waals surface area contributed by atoms with E-state index in [9.17, 15) is 9.59 Å². The van der Waals surface area contributed by atoms with Gasteiger partial charge in [-0.15, -0.1) is 4.68 Å². The lowest BCUT2D eigenvalue weighted by molar-refractivity contribution is 0.771. The van der Waals surface area contributed by atoms with Crippen LogP contribution in [0.4, 0.5) is 0 Å². The third kappa shape index (κ3) is 3.78. The maximum Gasteiger partial charge on any atom is 0.349 e. The average Bonchev–Trinajstić information content (AvgIpc) is 2.71. The van der Waals surface area contributed by atoms with Crippen LogP contribution >= 0.6 is 23.4 Å². The number of rotatable bonds is 4. The van der Waals surface area contributed by atoms with Gasteiger partial charge in [0.05, 0.1) is 17.1 Å². The molecule has 138 valence electrons. The van der Waals surface area contributed by atoms with Crippen molar-refractivity contribution in [3.63, 3.8) is 0 Å². The first-order chi connectivity index (χ1) is 13.6. The Balaban J connectivity index is 1.71. The summed E-state index contributed by atoms with van der Waals surface area (Å²) in [6, 6.07) is 22.0. The number of nitrogens with one attached hydrogen (secondary N) is 1. The van der Waals surface area contributed by atoms with Crippen LogP contribution in [0.1, 0.15) is 5.56 Å². The molecule has 4 rings (SSSR count). The van der Waals surface area contributed by atoms with Gasteiger partial charge < -0.3 is 4.98 Å². The molecule has 0 aliphatic heterocycles. The number of benzene rings is 3. The third-order valence-electron chi connectivity index (χ3n) is 4.06. The van der Waals surface area contributed by atoms with Gasteiger partial charge in [0.1, 0.15) is 0 Å². The second-order valence-electron chi connectivity index (χ2n) is 5.93. The molecule has 0 aliphatic rings. The van der Waals surface area contributed by atoms with Crippen LogP contribution in [0.25, 0.3) is 10.9 Å². The lowest BCUT2D eigenvalue weighted by Gasteiger charge is -2.06. The molecule has 7 heteroatoms. The zero-order valence-electron chi connectivity index (χ0n) is 14.5. The Morgan fingerprint density at radius 3 is 2.46 bits per heavy atom. The van der Waals surface area contributed by atoms with Crippen molar-refractivity contribution in [1.29, 1.82) is 0 Å². The number of halogens is 1. The summed E-state index contributed by atoms with van der Waals surface area (Å²) >= 11 is 7.49. The van der Waals surface area contributed by atoms with Gasteiger partial charge in [0.15, 0.2) is 0 Å². The van der Waals surface area contributed by atoms with E-state index in [0.717, 1.165) is 20.0 Å². The number of H-pyrrole nitrogens is 1. The molecule has 1 N–H and O–H groups in total. The molecule has 5 nitrogen and oxygen atoms in total. The molecular weight excluding hydrogens is 394 g/mol. The van der Waals surface area contributed by atoms with Gasteiger partial charge in [-0.25, -0.2) is 4.79 Å². The summed E-state index contributed by atoms with van der Waals surface area (Å²) in [4.78, 5) is 29.5. The molecule has 0 bridgehead atoms. The van der Waals surface area contributed by atoms with E-state index in [2.05, 4.69) is 10.1 Å². The molecule has 0 radical (unpaired) electrons. The Morgan fingerprint density at radius 1 is 0.929 bits per heavy atom. The van der Waals surface area contributed by atoms with E-state index in [1.54, 1.807) is 36.0 Å². The molecule has 0 saturated heterocycles. The van der Waals surface area contributed by atoms with E-state index in [-0.39, 0.29) is 0 Å². The zero-order chi connectivity index (χ0) is 19.5. The van der Waals surface area contributed by atoms with Crippen LogP contribution in [-0.2, 0) is 0 Å². The van der Waals surface area contributed by atoms with E-state index in [1.807, 2.05) is 48.5 Å². The third-order valence-corrected chi connectivity index (χ3v) is 5.41. The molecule has 3 aromatic carbocycles. The smallest absolute Gasteiger partial charge is 0.305 e. The van der Waals surface area contributed by atoms with Crippen molar-refractivity contribution in [2.45, 2.75) is 9.79 Å². The Hall–Kier alpha value is -3.09. The normalized spacial score (nSPS) is 11.3. The number of aromatic nitrogens is 2. The first kappa shape index (κ1) is 18.3. The molecule has 0 atom stereocenters. The molecule has 0 spiro atoms. The van der Waals surface area contributed by atoms with Crippen LogP contribution in [0.2, 0.25) is 5.02 Å². The molecular formula is C21H14ClN3O2S. The van der Waals surface area contributed by atoms with E-state index in [0.29, 0.717) is 15.9 Å². The Morgan fingerprint density at radius 2 is 1.64 bits per heavy atom. The molecule has 1 heterocycles. The number of para-hydroxylation sites is 1. The first-order valence-corrected chi connectivity index (χ1v) is 9.62. The Bertz CT molecular complexity index is 1290. The zero-order valence-corrected chi connectivity index (χ0v) is 16.1. The molecule has 0 saturated carbocycles. The van der Waals surface area contributed by atoms with E-state index in [4.69, 9.17) is 11.6 Å². The predicted molar refractivity (Wildman–Crippen MR) is 114 cm³/mol. The minimum absolute atomic E-state index is 0.406. The highest BCUT2D eigenvalue weighted by Gasteiger charge is 2.07. The number of hydrogen-bond acceptors (Lipinski definition) is 4. The van der Waals surface area contributed by atoms with Crippen molar-refractivity contribution in [3.8, 4) is 0 Å². The lowest BCUT2D eigenvalue weighted by Crippen LogP contribution is -2.32. The van der Waals surface area contributed by atoms with Gasteiger partial charge in [0.25, 0.3) is 5.56 Å². The maximum atomic E-state index is 12.6. The summed E-state index contributed by atoms with van der Waals surface area (Å²) in [5.41, 5.74) is 0.241. The summed E-state index contributed by atoms with van der Waals surface area (Å²) in [6.45, 7) is 0. The van der Waals surface area contributed by atoms with Crippen molar-refractivity contribution in [2.75, 3.05) is 0 Å². The first-order valence-electron chi connectivity index (χ1n) is 8.43. The van der Waals surface area contributed by atoms with Crippen molar-refractivity contribution in [2.24, 2.45) is 5.10 Å². The van der Waals surface area contributed by atoms with Gasteiger partial charge in [0, 0.05) is 20.4 Å². The van der Waals surface area contributed by atoms with Crippen molar-refractivity contribution < 1.29 is 0 Å². The summed E-state index contributed by atoms with van der Waals surface area (Å²) in [7, 11) is 0. The largest absolute Gasteiger partial charge is 0.349 e. The van der Waals surface area contributed by atoms with Crippen LogP contribution < -0.4 is 11.2 Å². The summed E-state index contributed by atoms with van der Waals surface area (Å²) in [5.74, 6) is 0. The topological polar surface area (TPSA) is 67.2 Å². The number of fused-ring (bicyclic) bond motifs is 1. The van der Waals surface area contributed by atoms with E-state index in [1.165, 1.54) is 6.21 Å². The quantitative estimate of drug-likeness (QED) is 0.510. The standard InChI is InChI=1S/C21H14ClN3O2S/c22-15-9-11-16(12-10-15)28-19-8-4-1-5-14(19)13-23-25-20(26)17-6-2-3-7-18(17)24-21(25)27/h1-13H,(H,24,27). The highest BCUT2D eigenvalue weighted by molar-refractivity contribution is 7.99. The maximum absolute atomic E-state index is 12.6. The predicted octanol–water partition coefficient (Wildman–Crippen LogP) is 4.38. The summed E-state index contributed by atoms with van der Waals surface area (Å²) < 4.78 is 0.839. The second kappa shape index (κ2) is 7.88. The van der Waals surface area contributed by atoms with Gasteiger partial charge in [0.2, 0.25) is 0 Å². The Kier molecular flexibility index (Phi) is 5.14. The van der Waals surface area contributed by atoms with Crippen LogP contribution in [0.3, 0.4) is 0 Å². The monoisotopic (exact) mass is 407 g/mol. The van der Waals surface area contributed by atoms with Gasteiger partial charge in [-0.1, -0.05) is 53.7 Å². The summed E-state index contributed by atoms with van der Waals surface area (Å²) in [6.07, 6.45) is 1.52. The highest BCUT2D eigenvalue weighted by Crippen LogP contribution is 2.30. The van der Waals surface area contributed by atoms with Gasteiger partial charge in [-0.2, -0.15) is 5.10 Å². The molecule has 28 heavy (non-hydrogen) atoms. The van der Waals surface area contributed by atoms with Gasteiger partial charge in [-0.3, -0.25) is 4.79 Å². The number of aromatic amines is 1. The van der Waals surface area contributed by atoms with Crippen molar-refractivity contribution in [1.82, 2.24) is 9.66 Å². The van der Waals surface area contributed by atoms with Gasteiger partial charge in [-0.05, 0) is 42.5 Å². The van der Waals surface area contributed by atoms with Crippen molar-refractivity contribution >= 4 is 40.5 Å². The van der Waals surface area contributed by atoms with Crippen LogP contribution in [0, 0.1) is 0 Å². The fraction of sp³-hybridized carbons (Fsp3) is 0. The summed E-state index contributed by atoms with van der Waals surface area (Å²) in [5, 5.41) is 5.22. The highest BCUT2D eigenvalue weighted by atomic mass is 35.5. The van der Waals surface area contributed by atoms with E-state index < -0.39 is 11.2 Å². The molecule has 0 fully saturated rings. The van der Waals surface area contributed by atoms with E-state index >= 15 is 0 Å². The van der Waals surface area contributed by atoms with Gasteiger partial charge >= 0.3 is 5.69 Å². The molecule has 4 aromatic rings. The average molecular weight is 408 g/mol. The second-order valence-corrected chi connectivity index (χ2v) is 7.48. The SMILES string of the molecule is O=c1[nH]c2ccccc2c(=O)n1N=Cc1ccccc1Sc1ccc(Cl)cc1. The minimum atomic E-state index is -0.581. The Labute approximate surface area is 169 Å². The molecule has 0 unspecified atom stereocenters. The van der Waals surface area contributed by atoms with Crippen LogP contribution in [0.15, 0.2) is 97.3 Å². The van der Waals surface area contributed by atoms with Crippen LogP contribution in [-0.4, -0.2) is 15.9 Å².